The molecule has 2 aromatic carbocycles. The third kappa shape index (κ3) is 4.20. The van der Waals surface area contributed by atoms with E-state index in [9.17, 15) is 4.79 Å². The van der Waals surface area contributed by atoms with Crippen molar-refractivity contribution in [3.63, 3.8) is 0 Å². The van der Waals surface area contributed by atoms with Crippen LogP contribution in [-0.2, 0) is 0 Å². The van der Waals surface area contributed by atoms with Gasteiger partial charge < -0.3 is 10.6 Å². The van der Waals surface area contributed by atoms with Gasteiger partial charge in [-0.15, -0.1) is 0 Å². The van der Waals surface area contributed by atoms with Crippen LogP contribution in [0.25, 0.3) is 0 Å². The molecule has 5 heteroatoms. The van der Waals surface area contributed by atoms with E-state index in [1.54, 1.807) is 12.3 Å². The van der Waals surface area contributed by atoms with E-state index in [0.717, 1.165) is 15.7 Å². The molecule has 120 valence electrons. The number of nitrogens with zero attached hydrogens (tertiary/aromatic N) is 1. The van der Waals surface area contributed by atoms with E-state index in [2.05, 4.69) is 31.5 Å². The van der Waals surface area contributed by atoms with Gasteiger partial charge in [0.1, 0.15) is 5.82 Å². The van der Waals surface area contributed by atoms with Crippen molar-refractivity contribution >= 4 is 39.0 Å². The highest BCUT2D eigenvalue weighted by Crippen LogP contribution is 2.20. The summed E-state index contributed by atoms with van der Waals surface area (Å²) < 4.78 is 0.995. The number of rotatable bonds is 4. The summed E-state index contributed by atoms with van der Waals surface area (Å²) in [6.45, 7) is 1.96. The van der Waals surface area contributed by atoms with E-state index in [-0.39, 0.29) is 5.91 Å². The van der Waals surface area contributed by atoms with Gasteiger partial charge in [-0.1, -0.05) is 39.7 Å². The molecule has 0 aliphatic rings. The molecular formula is C19H16BrN3O. The molecule has 3 rings (SSSR count). The lowest BCUT2D eigenvalue weighted by atomic mass is 10.1. The van der Waals surface area contributed by atoms with Gasteiger partial charge in [0.2, 0.25) is 0 Å². The van der Waals surface area contributed by atoms with Gasteiger partial charge in [0.05, 0.1) is 11.9 Å². The van der Waals surface area contributed by atoms with Crippen molar-refractivity contribution in [1.29, 1.82) is 0 Å². The zero-order valence-corrected chi connectivity index (χ0v) is 14.7. The molecule has 3 aromatic rings. The molecule has 0 saturated carbocycles. The first-order valence-corrected chi connectivity index (χ1v) is 8.26. The Morgan fingerprint density at radius 2 is 1.83 bits per heavy atom. The van der Waals surface area contributed by atoms with Crippen molar-refractivity contribution < 1.29 is 4.79 Å². The summed E-state index contributed by atoms with van der Waals surface area (Å²) in [5.74, 6) is 0.565. The van der Waals surface area contributed by atoms with Crippen LogP contribution in [0, 0.1) is 6.92 Å². The summed E-state index contributed by atoms with van der Waals surface area (Å²) in [5, 5.41) is 6.06. The van der Waals surface area contributed by atoms with Gasteiger partial charge in [0.15, 0.2) is 0 Å². The van der Waals surface area contributed by atoms with Crippen molar-refractivity contribution in [3.8, 4) is 0 Å². The number of carbonyl (C=O) groups is 1. The number of pyridine rings is 1. The van der Waals surface area contributed by atoms with Crippen LogP contribution in [0.4, 0.5) is 17.2 Å². The van der Waals surface area contributed by atoms with Crippen LogP contribution in [0.3, 0.4) is 0 Å². The minimum absolute atomic E-state index is 0.145. The number of aryl methyl sites for hydroxylation is 1. The lowest BCUT2D eigenvalue weighted by molar-refractivity contribution is 0.102. The molecule has 0 spiro atoms. The first-order chi connectivity index (χ1) is 11.6. The van der Waals surface area contributed by atoms with E-state index < -0.39 is 0 Å². The van der Waals surface area contributed by atoms with E-state index in [1.165, 1.54) is 0 Å². The summed E-state index contributed by atoms with van der Waals surface area (Å²) in [6, 6.07) is 19.0. The molecule has 0 bridgehead atoms. The van der Waals surface area contributed by atoms with Gasteiger partial charge in [0.25, 0.3) is 5.91 Å². The Labute approximate surface area is 149 Å². The molecule has 0 unspecified atom stereocenters. The summed E-state index contributed by atoms with van der Waals surface area (Å²) in [7, 11) is 0. The number of aromatic nitrogens is 1. The van der Waals surface area contributed by atoms with Crippen LogP contribution in [-0.4, -0.2) is 10.9 Å². The molecular weight excluding hydrogens is 366 g/mol. The number of halogens is 1. The second kappa shape index (κ2) is 7.27. The maximum absolute atomic E-state index is 12.2. The molecule has 4 nitrogen and oxygen atoms in total. The van der Waals surface area contributed by atoms with Crippen molar-refractivity contribution in [1.82, 2.24) is 4.98 Å². The predicted octanol–water partition coefficient (Wildman–Crippen LogP) is 5.15. The van der Waals surface area contributed by atoms with Gasteiger partial charge >= 0.3 is 0 Å². The molecule has 0 aliphatic carbocycles. The van der Waals surface area contributed by atoms with Crippen LogP contribution in [0.2, 0.25) is 0 Å². The SMILES string of the molecule is Cc1cccc(C(=O)Nc2ccc(Nc3cccc(Br)c3)nc2)c1. The summed E-state index contributed by atoms with van der Waals surface area (Å²) >= 11 is 3.43. The molecule has 0 saturated heterocycles. The Morgan fingerprint density at radius 3 is 2.54 bits per heavy atom. The van der Waals surface area contributed by atoms with E-state index >= 15 is 0 Å². The Morgan fingerprint density at radius 1 is 1.00 bits per heavy atom. The molecule has 0 aliphatic heterocycles. The van der Waals surface area contributed by atoms with Gasteiger partial charge in [0, 0.05) is 15.7 Å². The fourth-order valence-corrected chi connectivity index (χ4v) is 2.64. The zero-order valence-electron chi connectivity index (χ0n) is 13.1. The fraction of sp³-hybridized carbons (Fsp3) is 0.0526. The number of amides is 1. The third-order valence-electron chi connectivity index (χ3n) is 3.40. The Kier molecular flexibility index (Phi) is 4.91. The first kappa shape index (κ1) is 16.2. The van der Waals surface area contributed by atoms with Crippen LogP contribution >= 0.6 is 15.9 Å². The maximum Gasteiger partial charge on any atom is 0.255 e. The second-order valence-corrected chi connectivity index (χ2v) is 6.31. The Balaban J connectivity index is 1.67. The predicted molar refractivity (Wildman–Crippen MR) is 101 cm³/mol. The average molecular weight is 382 g/mol. The Hall–Kier alpha value is -2.66. The molecule has 0 atom stereocenters. The van der Waals surface area contributed by atoms with E-state index in [1.807, 2.05) is 61.5 Å². The molecule has 24 heavy (non-hydrogen) atoms. The maximum atomic E-state index is 12.2. The highest BCUT2D eigenvalue weighted by atomic mass is 79.9. The third-order valence-corrected chi connectivity index (χ3v) is 3.89. The van der Waals surface area contributed by atoms with Crippen LogP contribution in [0.5, 0.6) is 0 Å². The summed E-state index contributed by atoms with van der Waals surface area (Å²) in [5.41, 5.74) is 3.27. The minimum Gasteiger partial charge on any atom is -0.340 e. The summed E-state index contributed by atoms with van der Waals surface area (Å²) in [6.07, 6.45) is 1.63. The largest absolute Gasteiger partial charge is 0.340 e. The highest BCUT2D eigenvalue weighted by molar-refractivity contribution is 9.10. The lowest BCUT2D eigenvalue weighted by Crippen LogP contribution is -2.12. The normalized spacial score (nSPS) is 10.2. The van der Waals surface area contributed by atoms with Crippen molar-refractivity contribution in [2.75, 3.05) is 10.6 Å². The number of hydrogen-bond acceptors (Lipinski definition) is 3. The lowest BCUT2D eigenvalue weighted by Gasteiger charge is -2.08. The molecule has 0 radical (unpaired) electrons. The molecule has 1 amide bonds. The topological polar surface area (TPSA) is 54.0 Å². The van der Waals surface area contributed by atoms with Crippen LogP contribution in [0.15, 0.2) is 71.3 Å². The standard InChI is InChI=1S/C19H16BrN3O/c1-13-4-2-5-14(10-13)19(24)23-17-8-9-18(21-12-17)22-16-7-3-6-15(20)11-16/h2-12H,1H3,(H,21,22)(H,23,24). The average Bonchev–Trinajstić information content (AvgIpc) is 2.57. The second-order valence-electron chi connectivity index (χ2n) is 5.39. The number of anilines is 3. The molecule has 1 aromatic heterocycles. The van der Waals surface area contributed by atoms with E-state index in [0.29, 0.717) is 17.1 Å². The van der Waals surface area contributed by atoms with Crippen molar-refractivity contribution in [3.05, 3.63) is 82.5 Å². The highest BCUT2D eigenvalue weighted by Gasteiger charge is 2.06. The van der Waals surface area contributed by atoms with Gasteiger partial charge in [-0.3, -0.25) is 4.79 Å². The Bertz CT molecular complexity index is 862. The van der Waals surface area contributed by atoms with E-state index in [4.69, 9.17) is 0 Å². The number of hydrogen-bond donors (Lipinski definition) is 2. The monoisotopic (exact) mass is 381 g/mol. The minimum atomic E-state index is -0.145. The van der Waals surface area contributed by atoms with Crippen molar-refractivity contribution in [2.45, 2.75) is 6.92 Å². The number of nitrogens with one attached hydrogen (secondary N) is 2. The molecule has 1 heterocycles. The smallest absolute Gasteiger partial charge is 0.255 e. The molecule has 0 fully saturated rings. The zero-order chi connectivity index (χ0) is 16.9. The quantitative estimate of drug-likeness (QED) is 0.656. The van der Waals surface area contributed by atoms with Crippen LogP contribution < -0.4 is 10.6 Å². The van der Waals surface area contributed by atoms with Gasteiger partial charge in [-0.05, 0) is 49.4 Å². The van der Waals surface area contributed by atoms with Crippen molar-refractivity contribution in [2.24, 2.45) is 0 Å². The van der Waals surface area contributed by atoms with Gasteiger partial charge in [-0.25, -0.2) is 4.98 Å². The fourth-order valence-electron chi connectivity index (χ4n) is 2.25. The van der Waals surface area contributed by atoms with Gasteiger partial charge in [-0.2, -0.15) is 0 Å². The first-order valence-electron chi connectivity index (χ1n) is 7.47. The van der Waals surface area contributed by atoms with Crippen LogP contribution in [0.1, 0.15) is 15.9 Å². The summed E-state index contributed by atoms with van der Waals surface area (Å²) in [4.78, 5) is 16.5. The number of carbonyl (C=O) groups excluding carboxylic acids is 1. The number of benzene rings is 2. The molecule has 2 N–H and O–H groups in total.